The van der Waals surface area contributed by atoms with Crippen LogP contribution in [-0.2, 0) is 20.0 Å². The summed E-state index contributed by atoms with van der Waals surface area (Å²) in [6, 6.07) is 17.8. The molecule has 0 aliphatic rings. The van der Waals surface area contributed by atoms with E-state index >= 15 is 0 Å². The minimum Gasteiger partial charge on any atom is -0.277 e. The number of nitrogens with one attached hydrogen (secondary N) is 2. The quantitative estimate of drug-likeness (QED) is 0.312. The maximum atomic E-state index is 13.0. The third-order valence-electron chi connectivity index (χ3n) is 4.43. The molecule has 0 amide bonds. The van der Waals surface area contributed by atoms with Crippen LogP contribution in [-0.4, -0.2) is 21.8 Å². The number of thiophene rings is 1. The monoisotopic (exact) mass is 539 g/mol. The first-order valence-electron chi connectivity index (χ1n) is 9.25. The summed E-state index contributed by atoms with van der Waals surface area (Å²) in [5.41, 5.74) is 1.28. The van der Waals surface area contributed by atoms with Crippen LogP contribution in [0.25, 0.3) is 11.3 Å². The highest BCUT2D eigenvalue weighted by molar-refractivity contribution is 7.94. The number of aromatic nitrogens is 1. The van der Waals surface area contributed by atoms with Crippen LogP contribution in [0.5, 0.6) is 0 Å². The van der Waals surface area contributed by atoms with Gasteiger partial charge in [-0.3, -0.25) is 14.4 Å². The second kappa shape index (κ2) is 9.32. The van der Waals surface area contributed by atoms with Gasteiger partial charge in [0.1, 0.15) is 9.10 Å². The van der Waals surface area contributed by atoms with Gasteiger partial charge in [-0.05, 0) is 35.7 Å². The van der Waals surface area contributed by atoms with E-state index in [0.717, 1.165) is 16.9 Å². The molecule has 33 heavy (non-hydrogen) atoms. The molecule has 2 aromatic heterocycles. The van der Waals surface area contributed by atoms with Crippen LogP contribution < -0.4 is 9.44 Å². The number of anilines is 2. The Bertz CT molecular complexity index is 1490. The van der Waals surface area contributed by atoms with Gasteiger partial charge in [0.05, 0.1) is 27.1 Å². The molecular formula is C21H15Cl2N3O4S3. The fraction of sp³-hybridized carbons (Fsp3) is 0. The molecule has 2 heterocycles. The van der Waals surface area contributed by atoms with E-state index in [4.69, 9.17) is 23.2 Å². The largest absolute Gasteiger partial charge is 0.277 e. The van der Waals surface area contributed by atoms with Crippen molar-refractivity contribution in [3.8, 4) is 11.3 Å². The van der Waals surface area contributed by atoms with E-state index in [1.54, 1.807) is 17.5 Å². The van der Waals surface area contributed by atoms with Crippen molar-refractivity contribution in [3.63, 3.8) is 0 Å². The van der Waals surface area contributed by atoms with Crippen molar-refractivity contribution in [1.29, 1.82) is 0 Å². The lowest BCUT2D eigenvalue weighted by Crippen LogP contribution is -2.17. The van der Waals surface area contributed by atoms with E-state index in [1.807, 2.05) is 30.3 Å². The Morgan fingerprint density at radius 1 is 0.758 bits per heavy atom. The van der Waals surface area contributed by atoms with Gasteiger partial charge in [0, 0.05) is 11.8 Å². The van der Waals surface area contributed by atoms with Crippen molar-refractivity contribution < 1.29 is 16.8 Å². The zero-order valence-electron chi connectivity index (χ0n) is 16.6. The number of rotatable bonds is 7. The minimum absolute atomic E-state index is 0.0472. The number of halogens is 2. The molecule has 0 atom stereocenters. The Morgan fingerprint density at radius 2 is 1.39 bits per heavy atom. The zero-order chi connectivity index (χ0) is 23.6. The molecule has 0 radical (unpaired) electrons. The summed E-state index contributed by atoms with van der Waals surface area (Å²) >= 11 is 13.1. The van der Waals surface area contributed by atoms with Crippen LogP contribution in [0.1, 0.15) is 0 Å². The van der Waals surface area contributed by atoms with Crippen molar-refractivity contribution in [3.05, 3.63) is 88.4 Å². The Labute approximate surface area is 205 Å². The number of benzene rings is 2. The first kappa shape index (κ1) is 23.5. The number of pyridine rings is 1. The molecule has 7 nitrogen and oxygen atoms in total. The lowest BCUT2D eigenvalue weighted by atomic mass is 10.1. The van der Waals surface area contributed by atoms with Gasteiger partial charge in [-0.1, -0.05) is 59.6 Å². The number of nitrogens with zero attached hydrogens (tertiary/aromatic N) is 1. The van der Waals surface area contributed by atoms with Crippen molar-refractivity contribution in [2.24, 2.45) is 0 Å². The minimum atomic E-state index is -4.12. The molecule has 4 aromatic rings. The number of hydrogen-bond acceptors (Lipinski definition) is 6. The van der Waals surface area contributed by atoms with E-state index in [-0.39, 0.29) is 30.5 Å². The molecule has 0 fully saturated rings. The van der Waals surface area contributed by atoms with Crippen LogP contribution in [0.15, 0.2) is 87.4 Å². The highest BCUT2D eigenvalue weighted by Gasteiger charge is 2.22. The van der Waals surface area contributed by atoms with Gasteiger partial charge in [-0.2, -0.15) is 0 Å². The normalized spacial score (nSPS) is 11.8. The third-order valence-corrected chi connectivity index (χ3v) is 9.26. The maximum absolute atomic E-state index is 13.0. The SMILES string of the molecule is O=S(=O)(Nc1cc(Cl)c(Cl)cc1NS(=O)(=O)c1cccs1)c1ccc(-c2ccccc2)nc1. The first-order chi connectivity index (χ1) is 15.7. The summed E-state index contributed by atoms with van der Waals surface area (Å²) in [5.74, 6) is 0. The topological polar surface area (TPSA) is 105 Å². The van der Waals surface area contributed by atoms with Crippen molar-refractivity contribution in [1.82, 2.24) is 4.98 Å². The molecule has 4 rings (SSSR count). The average molecular weight is 540 g/mol. The molecule has 2 aromatic carbocycles. The molecule has 0 saturated heterocycles. The van der Waals surface area contributed by atoms with Crippen molar-refractivity contribution in [2.45, 2.75) is 9.10 Å². The summed E-state index contributed by atoms with van der Waals surface area (Å²) in [6.07, 6.45) is 1.22. The number of sulfonamides is 2. The smallest absolute Gasteiger partial charge is 0.271 e. The summed E-state index contributed by atoms with van der Waals surface area (Å²) in [5, 5.41) is 1.71. The van der Waals surface area contributed by atoms with E-state index in [2.05, 4.69) is 14.4 Å². The molecule has 12 heteroatoms. The molecular weight excluding hydrogens is 525 g/mol. The van der Waals surface area contributed by atoms with Crippen LogP contribution in [0.3, 0.4) is 0 Å². The molecule has 0 bridgehead atoms. The maximum Gasteiger partial charge on any atom is 0.271 e. The van der Waals surface area contributed by atoms with Crippen LogP contribution in [0.4, 0.5) is 11.4 Å². The molecule has 0 unspecified atom stereocenters. The molecule has 0 spiro atoms. The lowest BCUT2D eigenvalue weighted by Gasteiger charge is -2.15. The lowest BCUT2D eigenvalue weighted by molar-refractivity contribution is 0.599. The van der Waals surface area contributed by atoms with Gasteiger partial charge in [-0.15, -0.1) is 11.3 Å². The summed E-state index contributed by atoms with van der Waals surface area (Å²) in [4.78, 5) is 4.12. The Hall–Kier alpha value is -2.63. The molecule has 0 aliphatic carbocycles. The van der Waals surface area contributed by atoms with E-state index in [0.29, 0.717) is 5.69 Å². The van der Waals surface area contributed by atoms with E-state index in [9.17, 15) is 16.8 Å². The van der Waals surface area contributed by atoms with Crippen LogP contribution in [0.2, 0.25) is 10.0 Å². The van der Waals surface area contributed by atoms with E-state index in [1.165, 1.54) is 30.5 Å². The highest BCUT2D eigenvalue weighted by atomic mass is 35.5. The molecule has 0 aliphatic heterocycles. The highest BCUT2D eigenvalue weighted by Crippen LogP contribution is 2.35. The Kier molecular flexibility index (Phi) is 6.64. The fourth-order valence-corrected chi connectivity index (χ4v) is 6.26. The Morgan fingerprint density at radius 3 is 1.94 bits per heavy atom. The average Bonchev–Trinajstić information content (AvgIpc) is 3.34. The predicted octanol–water partition coefficient (Wildman–Crippen LogP) is 5.72. The third kappa shape index (κ3) is 5.31. The second-order valence-electron chi connectivity index (χ2n) is 6.70. The van der Waals surface area contributed by atoms with Gasteiger partial charge in [0.2, 0.25) is 0 Å². The second-order valence-corrected chi connectivity index (χ2v) is 12.1. The van der Waals surface area contributed by atoms with Gasteiger partial charge in [0.15, 0.2) is 0 Å². The van der Waals surface area contributed by atoms with Crippen molar-refractivity contribution in [2.75, 3.05) is 9.44 Å². The van der Waals surface area contributed by atoms with Crippen LogP contribution in [0, 0.1) is 0 Å². The van der Waals surface area contributed by atoms with Crippen molar-refractivity contribution >= 4 is 66.0 Å². The van der Waals surface area contributed by atoms with E-state index < -0.39 is 20.0 Å². The van der Waals surface area contributed by atoms with Crippen LogP contribution >= 0.6 is 34.5 Å². The summed E-state index contributed by atoms with van der Waals surface area (Å²) in [7, 11) is -8.08. The summed E-state index contributed by atoms with van der Waals surface area (Å²) in [6.45, 7) is 0. The standard InChI is InChI=1S/C21H15Cl2N3O4S3/c22-16-11-19(20(12-17(16)23)26-33(29,30)21-7-4-10-31-21)25-32(27,28)15-8-9-18(24-13-15)14-5-2-1-3-6-14/h1-13,25-26H. The number of hydrogen-bond donors (Lipinski definition) is 2. The predicted molar refractivity (Wildman–Crippen MR) is 132 cm³/mol. The first-order valence-corrected chi connectivity index (χ1v) is 13.9. The van der Waals surface area contributed by atoms with Gasteiger partial charge < -0.3 is 0 Å². The molecule has 2 N–H and O–H groups in total. The molecule has 170 valence electrons. The van der Waals surface area contributed by atoms with Gasteiger partial charge in [0.25, 0.3) is 20.0 Å². The molecule has 0 saturated carbocycles. The van der Waals surface area contributed by atoms with Gasteiger partial charge >= 0.3 is 0 Å². The fourth-order valence-electron chi connectivity index (χ4n) is 2.85. The zero-order valence-corrected chi connectivity index (χ0v) is 20.5. The Balaban J connectivity index is 1.66. The van der Waals surface area contributed by atoms with Gasteiger partial charge in [-0.25, -0.2) is 16.8 Å². The summed E-state index contributed by atoms with van der Waals surface area (Å²) < 4.78 is 56.1.